The van der Waals surface area contributed by atoms with Crippen LogP contribution in [0.5, 0.6) is 0 Å². The fourth-order valence-corrected chi connectivity index (χ4v) is 3.66. The van der Waals surface area contributed by atoms with Gasteiger partial charge in [0.25, 0.3) is 0 Å². The zero-order valence-corrected chi connectivity index (χ0v) is 11.9. The van der Waals surface area contributed by atoms with Gasteiger partial charge in [-0.1, -0.05) is 0 Å². The smallest absolute Gasteiger partial charge is 0.393 e. The summed E-state index contributed by atoms with van der Waals surface area (Å²) in [5.74, 6) is 0. The molecule has 1 aromatic carbocycles. The minimum atomic E-state index is -4.50. The van der Waals surface area contributed by atoms with Gasteiger partial charge >= 0.3 is 6.18 Å². The van der Waals surface area contributed by atoms with E-state index in [2.05, 4.69) is 4.72 Å². The quantitative estimate of drug-likeness (QED) is 0.897. The Hall–Kier alpha value is -1.12. The van der Waals surface area contributed by atoms with Gasteiger partial charge in [0.15, 0.2) is 0 Å². The van der Waals surface area contributed by atoms with Gasteiger partial charge in [0.05, 0.1) is 16.6 Å². The molecule has 1 aromatic rings. The Bertz CT molecular complexity index is 584. The molecule has 8 heteroatoms. The molecule has 2 N–H and O–H groups in total. The average Bonchev–Trinajstić information content (AvgIpc) is 2.37. The third-order valence-electron chi connectivity index (χ3n) is 3.46. The first-order valence-electron chi connectivity index (χ1n) is 6.56. The van der Waals surface area contributed by atoms with Crippen molar-refractivity contribution in [2.24, 2.45) is 0 Å². The molecule has 21 heavy (non-hydrogen) atoms. The van der Waals surface area contributed by atoms with Crippen LogP contribution in [0, 0.1) is 0 Å². The summed E-state index contributed by atoms with van der Waals surface area (Å²) in [7, 11) is -3.87. The molecule has 0 saturated heterocycles. The van der Waals surface area contributed by atoms with Crippen LogP contribution in [0.1, 0.15) is 31.2 Å². The van der Waals surface area contributed by atoms with E-state index in [0.29, 0.717) is 25.7 Å². The highest BCUT2D eigenvalue weighted by Gasteiger charge is 2.31. The molecule has 0 amide bonds. The van der Waals surface area contributed by atoms with E-state index in [1.165, 1.54) is 0 Å². The second-order valence-electron chi connectivity index (χ2n) is 5.16. The normalized spacial score (nSPS) is 24.0. The fourth-order valence-electron chi connectivity index (χ4n) is 2.38. The summed E-state index contributed by atoms with van der Waals surface area (Å²) < 4.78 is 63.9. The van der Waals surface area contributed by atoms with E-state index in [4.69, 9.17) is 0 Å². The Morgan fingerprint density at radius 1 is 1.14 bits per heavy atom. The molecule has 0 bridgehead atoms. The molecule has 0 heterocycles. The lowest BCUT2D eigenvalue weighted by molar-refractivity contribution is -0.137. The number of alkyl halides is 3. The maximum atomic E-state index is 12.4. The number of sulfonamides is 1. The Kier molecular flexibility index (Phi) is 4.60. The van der Waals surface area contributed by atoms with Crippen molar-refractivity contribution in [3.05, 3.63) is 29.8 Å². The van der Waals surface area contributed by atoms with Gasteiger partial charge in [-0.3, -0.25) is 0 Å². The number of hydrogen-bond acceptors (Lipinski definition) is 3. The molecule has 1 aliphatic rings. The predicted octanol–water partition coefficient (Wildman–Crippen LogP) is 2.29. The highest BCUT2D eigenvalue weighted by atomic mass is 32.2. The van der Waals surface area contributed by atoms with E-state index in [1.807, 2.05) is 0 Å². The van der Waals surface area contributed by atoms with Gasteiger partial charge in [-0.25, -0.2) is 13.1 Å². The highest BCUT2D eigenvalue weighted by Crippen LogP contribution is 2.30. The Balaban J connectivity index is 2.12. The molecule has 1 saturated carbocycles. The van der Waals surface area contributed by atoms with Crippen molar-refractivity contribution in [1.29, 1.82) is 0 Å². The lowest BCUT2D eigenvalue weighted by atomic mass is 9.94. The van der Waals surface area contributed by atoms with Crippen LogP contribution in [0.15, 0.2) is 29.2 Å². The molecule has 4 nitrogen and oxygen atoms in total. The van der Waals surface area contributed by atoms with Gasteiger partial charge in [-0.15, -0.1) is 0 Å². The maximum absolute atomic E-state index is 12.4. The minimum Gasteiger partial charge on any atom is -0.393 e. The van der Waals surface area contributed by atoms with Crippen LogP contribution in [-0.4, -0.2) is 25.7 Å². The average molecular weight is 323 g/mol. The van der Waals surface area contributed by atoms with E-state index in [-0.39, 0.29) is 10.9 Å². The third-order valence-corrected chi connectivity index (χ3v) is 5.00. The van der Waals surface area contributed by atoms with Crippen LogP contribution >= 0.6 is 0 Å². The molecule has 2 rings (SSSR count). The third kappa shape index (κ3) is 4.18. The van der Waals surface area contributed by atoms with Gasteiger partial charge in [0.2, 0.25) is 10.0 Å². The van der Waals surface area contributed by atoms with Crippen molar-refractivity contribution in [3.63, 3.8) is 0 Å². The van der Waals surface area contributed by atoms with Gasteiger partial charge < -0.3 is 5.11 Å². The van der Waals surface area contributed by atoms with Crippen LogP contribution in [0.3, 0.4) is 0 Å². The van der Waals surface area contributed by atoms with Crippen LogP contribution in [0.2, 0.25) is 0 Å². The number of nitrogens with one attached hydrogen (secondary N) is 1. The van der Waals surface area contributed by atoms with Crippen molar-refractivity contribution < 1.29 is 26.7 Å². The topological polar surface area (TPSA) is 66.4 Å². The zero-order valence-electron chi connectivity index (χ0n) is 11.1. The molecule has 0 spiro atoms. The number of halogens is 3. The lowest BCUT2D eigenvalue weighted by Crippen LogP contribution is -2.39. The van der Waals surface area contributed by atoms with Crippen LogP contribution in [0.4, 0.5) is 13.2 Å². The summed E-state index contributed by atoms with van der Waals surface area (Å²) in [5.41, 5.74) is -0.894. The number of rotatable bonds is 3. The van der Waals surface area contributed by atoms with Gasteiger partial charge in [0.1, 0.15) is 0 Å². The van der Waals surface area contributed by atoms with E-state index in [0.717, 1.165) is 24.3 Å². The number of aliphatic hydroxyl groups excluding tert-OH is 1. The summed E-state index contributed by atoms with van der Waals surface area (Å²) in [6.07, 6.45) is -2.76. The second kappa shape index (κ2) is 5.94. The number of hydrogen-bond donors (Lipinski definition) is 2. The standard InChI is InChI=1S/C13H16F3NO3S/c14-13(15,16)9-4-6-12(7-5-9)21(19,20)17-10-2-1-3-11(18)8-10/h4-7,10-11,17-18H,1-3,8H2/t10-,11+/m0/s1. The van der Waals surface area contributed by atoms with E-state index >= 15 is 0 Å². The molecule has 1 aliphatic carbocycles. The van der Waals surface area contributed by atoms with Crippen molar-refractivity contribution >= 4 is 10.0 Å². The van der Waals surface area contributed by atoms with E-state index in [9.17, 15) is 26.7 Å². The molecule has 0 aromatic heterocycles. The molecule has 0 radical (unpaired) electrons. The summed E-state index contributed by atoms with van der Waals surface area (Å²) in [6.45, 7) is 0. The van der Waals surface area contributed by atoms with Crippen LogP contribution in [0.25, 0.3) is 0 Å². The molecule has 0 unspecified atom stereocenters. The first kappa shape index (κ1) is 16.3. The Morgan fingerprint density at radius 3 is 2.29 bits per heavy atom. The van der Waals surface area contributed by atoms with Crippen molar-refractivity contribution in [1.82, 2.24) is 4.72 Å². The molecular formula is C13H16F3NO3S. The van der Waals surface area contributed by atoms with Gasteiger partial charge in [-0.2, -0.15) is 13.2 Å². The first-order valence-corrected chi connectivity index (χ1v) is 8.04. The van der Waals surface area contributed by atoms with Crippen molar-refractivity contribution in [2.45, 2.75) is 48.9 Å². The SMILES string of the molecule is O=S(=O)(N[C@H]1CCC[C@@H](O)C1)c1ccc(C(F)(F)F)cc1. The zero-order chi connectivity index (χ0) is 15.7. The molecular weight excluding hydrogens is 307 g/mol. The Labute approximate surface area is 121 Å². The molecule has 2 atom stereocenters. The summed E-state index contributed by atoms with van der Waals surface area (Å²) >= 11 is 0. The molecule has 1 fully saturated rings. The maximum Gasteiger partial charge on any atom is 0.416 e. The monoisotopic (exact) mass is 323 g/mol. The number of benzene rings is 1. The fraction of sp³-hybridized carbons (Fsp3) is 0.538. The van der Waals surface area contributed by atoms with Gasteiger partial charge in [-0.05, 0) is 49.9 Å². The van der Waals surface area contributed by atoms with E-state index in [1.54, 1.807) is 0 Å². The molecule has 0 aliphatic heterocycles. The predicted molar refractivity (Wildman–Crippen MR) is 70.0 cm³/mol. The second-order valence-corrected chi connectivity index (χ2v) is 6.87. The minimum absolute atomic E-state index is 0.212. The number of aliphatic hydroxyl groups is 1. The Morgan fingerprint density at radius 2 is 1.76 bits per heavy atom. The summed E-state index contributed by atoms with van der Waals surface area (Å²) in [5, 5.41) is 9.51. The van der Waals surface area contributed by atoms with Gasteiger partial charge in [0, 0.05) is 6.04 Å². The summed E-state index contributed by atoms with van der Waals surface area (Å²) in [6, 6.07) is 2.96. The van der Waals surface area contributed by atoms with Crippen LogP contribution < -0.4 is 4.72 Å². The van der Waals surface area contributed by atoms with Crippen molar-refractivity contribution in [3.8, 4) is 0 Å². The lowest BCUT2D eigenvalue weighted by Gasteiger charge is -2.26. The molecule has 118 valence electrons. The van der Waals surface area contributed by atoms with E-state index < -0.39 is 27.9 Å². The largest absolute Gasteiger partial charge is 0.416 e. The highest BCUT2D eigenvalue weighted by molar-refractivity contribution is 7.89. The first-order chi connectivity index (χ1) is 9.68. The van der Waals surface area contributed by atoms with Crippen LogP contribution in [-0.2, 0) is 16.2 Å². The summed E-state index contributed by atoms with van der Waals surface area (Å²) in [4.78, 5) is -0.212. The van der Waals surface area contributed by atoms with Crippen molar-refractivity contribution in [2.75, 3.05) is 0 Å².